The van der Waals surface area contributed by atoms with Gasteiger partial charge in [-0.2, -0.15) is 0 Å². The van der Waals surface area contributed by atoms with Gasteiger partial charge in [-0.3, -0.25) is 4.79 Å². The predicted octanol–water partition coefficient (Wildman–Crippen LogP) is 3.31. The van der Waals surface area contributed by atoms with Gasteiger partial charge in [0.1, 0.15) is 23.4 Å². The maximum atomic E-state index is 12.4. The maximum Gasteiger partial charge on any atom is 0.230 e. The van der Waals surface area contributed by atoms with Gasteiger partial charge in [0.15, 0.2) is 5.16 Å². The fourth-order valence-electron chi connectivity index (χ4n) is 3.63. The first-order valence-corrected chi connectivity index (χ1v) is 11.3. The van der Waals surface area contributed by atoms with Gasteiger partial charge in [-0.05, 0) is 45.7 Å². The summed E-state index contributed by atoms with van der Waals surface area (Å²) in [6.45, 7) is 7.93. The lowest BCUT2D eigenvalue weighted by atomic mass is 10.1. The number of ether oxygens (including phenoxy) is 2. The van der Waals surface area contributed by atoms with E-state index in [1.165, 1.54) is 24.6 Å². The molecule has 8 heteroatoms. The van der Waals surface area contributed by atoms with Crippen LogP contribution in [-0.4, -0.2) is 39.1 Å². The number of aromatic nitrogens is 3. The molecule has 0 unspecified atom stereocenters. The molecule has 0 saturated heterocycles. The van der Waals surface area contributed by atoms with Crippen LogP contribution >= 0.6 is 11.8 Å². The van der Waals surface area contributed by atoms with Crippen LogP contribution < -0.4 is 14.8 Å². The molecule has 1 aliphatic heterocycles. The quantitative estimate of drug-likeness (QED) is 0.632. The van der Waals surface area contributed by atoms with Crippen LogP contribution in [0.25, 0.3) is 0 Å². The number of carbonyl (C=O) groups is 1. The molecule has 1 saturated carbocycles. The maximum absolute atomic E-state index is 12.4. The van der Waals surface area contributed by atoms with Crippen molar-refractivity contribution in [1.29, 1.82) is 0 Å². The Hall–Kier alpha value is -2.22. The third kappa shape index (κ3) is 4.52. The van der Waals surface area contributed by atoms with Crippen molar-refractivity contribution in [3.8, 4) is 11.5 Å². The normalized spacial score (nSPS) is 17.7. The standard InChI is InChI=1S/C21H28N4O3S/c1-4-25-20(14-6-7-14)23-24-21(25)29-12-19(26)22-11-16-10-18-15(8-13(3)28-18)9-17(16)27-5-2/h9-10,13-14H,4-8,11-12H2,1-3H3,(H,22,26)/t13-/m1/s1. The second-order valence-corrected chi connectivity index (χ2v) is 8.50. The molecule has 1 atom stereocenters. The minimum atomic E-state index is -0.0362. The Labute approximate surface area is 175 Å². The molecule has 29 heavy (non-hydrogen) atoms. The smallest absolute Gasteiger partial charge is 0.230 e. The summed E-state index contributed by atoms with van der Waals surface area (Å²) in [6, 6.07) is 4.04. The van der Waals surface area contributed by atoms with E-state index >= 15 is 0 Å². The van der Waals surface area contributed by atoms with Crippen molar-refractivity contribution in [1.82, 2.24) is 20.1 Å². The minimum Gasteiger partial charge on any atom is -0.494 e. The van der Waals surface area contributed by atoms with Crippen molar-refractivity contribution in [2.24, 2.45) is 0 Å². The molecule has 1 amide bonds. The lowest BCUT2D eigenvalue weighted by molar-refractivity contribution is -0.118. The van der Waals surface area contributed by atoms with Crippen molar-refractivity contribution in [2.45, 2.75) is 70.3 Å². The van der Waals surface area contributed by atoms with Crippen LogP contribution in [-0.2, 0) is 24.3 Å². The molecular formula is C21H28N4O3S. The average molecular weight is 417 g/mol. The molecule has 2 aliphatic rings. The number of nitrogens with one attached hydrogen (secondary N) is 1. The van der Waals surface area contributed by atoms with Gasteiger partial charge in [0, 0.05) is 36.6 Å². The number of nitrogens with zero attached hydrogens (tertiary/aromatic N) is 3. The van der Waals surface area contributed by atoms with Crippen LogP contribution in [0.1, 0.15) is 56.5 Å². The van der Waals surface area contributed by atoms with Crippen molar-refractivity contribution in [3.63, 3.8) is 0 Å². The Kier molecular flexibility index (Phi) is 5.99. The van der Waals surface area contributed by atoms with E-state index in [9.17, 15) is 4.79 Å². The lowest BCUT2D eigenvalue weighted by Gasteiger charge is -2.13. The van der Waals surface area contributed by atoms with E-state index in [-0.39, 0.29) is 12.0 Å². The highest BCUT2D eigenvalue weighted by Crippen LogP contribution is 2.40. The van der Waals surface area contributed by atoms with Gasteiger partial charge < -0.3 is 19.4 Å². The molecule has 0 spiro atoms. The van der Waals surface area contributed by atoms with Crippen molar-refractivity contribution < 1.29 is 14.3 Å². The zero-order valence-corrected chi connectivity index (χ0v) is 18.1. The van der Waals surface area contributed by atoms with Gasteiger partial charge in [0.25, 0.3) is 0 Å². The van der Waals surface area contributed by atoms with Crippen LogP contribution in [0.4, 0.5) is 0 Å². The van der Waals surface area contributed by atoms with Gasteiger partial charge in [-0.15, -0.1) is 10.2 Å². The summed E-state index contributed by atoms with van der Waals surface area (Å²) in [5.74, 6) is 3.59. The minimum absolute atomic E-state index is 0.0362. The molecule has 4 rings (SSSR count). The molecule has 7 nitrogen and oxygen atoms in total. The lowest BCUT2D eigenvalue weighted by Crippen LogP contribution is -2.25. The van der Waals surface area contributed by atoms with Crippen molar-refractivity contribution in [2.75, 3.05) is 12.4 Å². The van der Waals surface area contributed by atoms with E-state index in [4.69, 9.17) is 9.47 Å². The first-order chi connectivity index (χ1) is 14.1. The second-order valence-electron chi connectivity index (χ2n) is 7.56. The summed E-state index contributed by atoms with van der Waals surface area (Å²) in [4.78, 5) is 12.4. The highest BCUT2D eigenvalue weighted by Gasteiger charge is 2.30. The largest absolute Gasteiger partial charge is 0.494 e. The molecule has 2 heterocycles. The molecular weight excluding hydrogens is 388 g/mol. The van der Waals surface area contributed by atoms with Gasteiger partial charge in [-0.25, -0.2) is 0 Å². The Morgan fingerprint density at radius 1 is 1.34 bits per heavy atom. The number of thioether (sulfide) groups is 1. The monoisotopic (exact) mass is 416 g/mol. The van der Waals surface area contributed by atoms with E-state index < -0.39 is 0 Å². The number of amides is 1. The van der Waals surface area contributed by atoms with Crippen LogP contribution in [0.2, 0.25) is 0 Å². The van der Waals surface area contributed by atoms with Gasteiger partial charge in [-0.1, -0.05) is 11.8 Å². The summed E-state index contributed by atoms with van der Waals surface area (Å²) in [5, 5.41) is 12.4. The van der Waals surface area contributed by atoms with E-state index in [0.29, 0.717) is 24.8 Å². The molecule has 1 aromatic carbocycles. The van der Waals surface area contributed by atoms with Crippen molar-refractivity contribution in [3.05, 3.63) is 29.1 Å². The van der Waals surface area contributed by atoms with E-state index in [1.807, 2.05) is 19.1 Å². The number of rotatable bonds is 9. The molecule has 1 aromatic heterocycles. The zero-order chi connectivity index (χ0) is 20.4. The van der Waals surface area contributed by atoms with Gasteiger partial charge >= 0.3 is 0 Å². The van der Waals surface area contributed by atoms with E-state index in [1.54, 1.807) is 0 Å². The molecule has 0 bridgehead atoms. The molecule has 156 valence electrons. The predicted molar refractivity (Wildman–Crippen MR) is 112 cm³/mol. The van der Waals surface area contributed by atoms with Crippen molar-refractivity contribution >= 4 is 17.7 Å². The number of hydrogen-bond donors (Lipinski definition) is 1. The Morgan fingerprint density at radius 2 is 2.17 bits per heavy atom. The number of hydrogen-bond acceptors (Lipinski definition) is 6. The van der Waals surface area contributed by atoms with E-state index in [2.05, 4.69) is 33.9 Å². The topological polar surface area (TPSA) is 78.3 Å². The zero-order valence-electron chi connectivity index (χ0n) is 17.2. The van der Waals surface area contributed by atoms with Crippen LogP contribution in [0.5, 0.6) is 11.5 Å². The van der Waals surface area contributed by atoms with Gasteiger partial charge in [0.05, 0.1) is 12.4 Å². The molecule has 0 radical (unpaired) electrons. The average Bonchev–Trinajstić information content (AvgIpc) is 3.36. The highest BCUT2D eigenvalue weighted by molar-refractivity contribution is 7.99. The fourth-order valence-corrected chi connectivity index (χ4v) is 4.47. The molecule has 1 fully saturated rings. The first kappa shape index (κ1) is 20.1. The summed E-state index contributed by atoms with van der Waals surface area (Å²) < 4.78 is 13.8. The number of fused-ring (bicyclic) bond motifs is 1. The first-order valence-electron chi connectivity index (χ1n) is 10.4. The summed E-state index contributed by atoms with van der Waals surface area (Å²) in [7, 11) is 0. The summed E-state index contributed by atoms with van der Waals surface area (Å²) in [6.07, 6.45) is 3.44. The third-order valence-electron chi connectivity index (χ3n) is 5.19. The van der Waals surface area contributed by atoms with E-state index in [0.717, 1.165) is 46.6 Å². The Balaban J connectivity index is 1.36. The Morgan fingerprint density at radius 3 is 2.90 bits per heavy atom. The molecule has 1 aliphatic carbocycles. The van der Waals surface area contributed by atoms with Crippen LogP contribution in [0, 0.1) is 0 Å². The van der Waals surface area contributed by atoms with Crippen LogP contribution in [0.3, 0.4) is 0 Å². The Bertz CT molecular complexity index is 894. The molecule has 1 N–H and O–H groups in total. The molecule has 2 aromatic rings. The van der Waals surface area contributed by atoms with Gasteiger partial charge in [0.2, 0.25) is 5.91 Å². The number of benzene rings is 1. The summed E-state index contributed by atoms with van der Waals surface area (Å²) in [5.41, 5.74) is 2.10. The number of carbonyl (C=O) groups excluding carboxylic acids is 1. The third-order valence-corrected chi connectivity index (χ3v) is 6.16. The highest BCUT2D eigenvalue weighted by atomic mass is 32.2. The van der Waals surface area contributed by atoms with Crippen LogP contribution in [0.15, 0.2) is 17.3 Å². The summed E-state index contributed by atoms with van der Waals surface area (Å²) >= 11 is 1.44. The SMILES string of the molecule is CCOc1cc2c(cc1CNC(=O)CSc1nnc(C3CC3)n1CC)O[C@H](C)C2. The second kappa shape index (κ2) is 8.65. The fraction of sp³-hybridized carbons (Fsp3) is 0.571.